The lowest BCUT2D eigenvalue weighted by Gasteiger charge is -2.20. The van der Waals surface area contributed by atoms with Gasteiger partial charge in [0.25, 0.3) is 5.91 Å². The Morgan fingerprint density at radius 1 is 0.970 bits per heavy atom. The van der Waals surface area contributed by atoms with E-state index in [4.69, 9.17) is 4.74 Å². The van der Waals surface area contributed by atoms with Crippen molar-refractivity contribution >= 4 is 21.6 Å². The van der Waals surface area contributed by atoms with Gasteiger partial charge in [0.1, 0.15) is 12.4 Å². The molecule has 1 heterocycles. The van der Waals surface area contributed by atoms with E-state index >= 15 is 0 Å². The Morgan fingerprint density at radius 3 is 2.24 bits per heavy atom. The van der Waals surface area contributed by atoms with E-state index in [-0.39, 0.29) is 10.8 Å². The van der Waals surface area contributed by atoms with Crippen molar-refractivity contribution < 1.29 is 17.9 Å². The number of benzene rings is 2. The minimum absolute atomic E-state index is 0.223. The van der Waals surface area contributed by atoms with Gasteiger partial charge in [-0.15, -0.1) is 0 Å². The van der Waals surface area contributed by atoms with Gasteiger partial charge in [-0.3, -0.25) is 4.79 Å². The quantitative estimate of drug-likeness (QED) is 0.559. The van der Waals surface area contributed by atoms with Crippen molar-refractivity contribution in [3.8, 4) is 5.75 Å². The van der Waals surface area contributed by atoms with E-state index in [2.05, 4.69) is 24.1 Å². The molecule has 0 atom stereocenters. The molecule has 1 aliphatic rings. The van der Waals surface area contributed by atoms with Crippen molar-refractivity contribution in [1.29, 1.82) is 0 Å². The summed E-state index contributed by atoms with van der Waals surface area (Å²) in [5, 5.41) is 2.89. The highest BCUT2D eigenvalue weighted by Crippen LogP contribution is 2.25. The molecule has 0 radical (unpaired) electrons. The van der Waals surface area contributed by atoms with E-state index in [1.165, 1.54) is 12.1 Å². The Morgan fingerprint density at radius 2 is 1.61 bits per heavy atom. The number of amides is 1. The summed E-state index contributed by atoms with van der Waals surface area (Å²) in [6, 6.07) is 13.5. The van der Waals surface area contributed by atoms with Crippen LogP contribution in [0.2, 0.25) is 0 Å². The normalized spacial score (nSPS) is 15.2. The molecule has 2 aromatic carbocycles. The predicted octanol–water partition coefficient (Wildman–Crippen LogP) is 4.22. The first-order valence-electron chi connectivity index (χ1n) is 11.8. The molecule has 7 nitrogen and oxygen atoms in total. The molecular formula is C25H35N3O4S. The fourth-order valence-electron chi connectivity index (χ4n) is 3.92. The van der Waals surface area contributed by atoms with Crippen LogP contribution in [0.25, 0.3) is 0 Å². The molecule has 1 amide bonds. The molecule has 1 saturated heterocycles. The van der Waals surface area contributed by atoms with Crippen LogP contribution in [-0.4, -0.2) is 62.9 Å². The van der Waals surface area contributed by atoms with Crippen molar-refractivity contribution in [3.05, 3.63) is 54.1 Å². The smallest absolute Gasteiger partial charge is 0.255 e. The van der Waals surface area contributed by atoms with E-state index in [9.17, 15) is 13.2 Å². The molecule has 33 heavy (non-hydrogen) atoms. The summed E-state index contributed by atoms with van der Waals surface area (Å²) >= 11 is 0. The molecule has 0 aliphatic carbocycles. The van der Waals surface area contributed by atoms with Crippen LogP contribution in [-0.2, 0) is 10.0 Å². The third-order valence-electron chi connectivity index (χ3n) is 6.01. The zero-order chi connectivity index (χ0) is 23.7. The minimum Gasteiger partial charge on any atom is -0.490 e. The molecule has 3 rings (SSSR count). The Labute approximate surface area is 197 Å². The molecule has 0 aromatic heterocycles. The summed E-state index contributed by atoms with van der Waals surface area (Å²) in [6.45, 7) is 8.58. The highest BCUT2D eigenvalue weighted by atomic mass is 32.2. The molecule has 2 aromatic rings. The van der Waals surface area contributed by atoms with Gasteiger partial charge in [0, 0.05) is 25.2 Å². The zero-order valence-corrected chi connectivity index (χ0v) is 20.4. The number of para-hydroxylation sites is 2. The lowest BCUT2D eigenvalue weighted by Crippen LogP contribution is -2.31. The number of nitrogens with zero attached hydrogens (tertiary/aromatic N) is 2. The van der Waals surface area contributed by atoms with Crippen molar-refractivity contribution in [2.24, 2.45) is 0 Å². The maximum Gasteiger partial charge on any atom is 0.255 e. The molecule has 1 aliphatic heterocycles. The van der Waals surface area contributed by atoms with E-state index in [1.807, 2.05) is 18.2 Å². The number of sulfonamides is 1. The predicted molar refractivity (Wildman–Crippen MR) is 131 cm³/mol. The third-order valence-corrected chi connectivity index (χ3v) is 7.93. The molecule has 8 heteroatoms. The van der Waals surface area contributed by atoms with Crippen LogP contribution in [0.4, 0.5) is 5.69 Å². The van der Waals surface area contributed by atoms with Gasteiger partial charge in [-0.2, -0.15) is 4.31 Å². The number of rotatable bonds is 10. The van der Waals surface area contributed by atoms with Crippen molar-refractivity contribution in [3.63, 3.8) is 0 Å². The Kier molecular flexibility index (Phi) is 9.29. The first-order valence-corrected chi connectivity index (χ1v) is 13.3. The van der Waals surface area contributed by atoms with Crippen LogP contribution >= 0.6 is 0 Å². The highest BCUT2D eigenvalue weighted by molar-refractivity contribution is 7.89. The highest BCUT2D eigenvalue weighted by Gasteiger charge is 2.25. The summed E-state index contributed by atoms with van der Waals surface area (Å²) < 4.78 is 33.4. The van der Waals surface area contributed by atoms with E-state index in [0.717, 1.165) is 45.3 Å². The van der Waals surface area contributed by atoms with Gasteiger partial charge in [0.15, 0.2) is 0 Å². The molecule has 0 unspecified atom stereocenters. The van der Waals surface area contributed by atoms with E-state index < -0.39 is 10.0 Å². The van der Waals surface area contributed by atoms with Gasteiger partial charge in [0.05, 0.1) is 10.6 Å². The zero-order valence-electron chi connectivity index (χ0n) is 19.6. The van der Waals surface area contributed by atoms with Gasteiger partial charge in [0.2, 0.25) is 10.0 Å². The third kappa shape index (κ3) is 6.79. The van der Waals surface area contributed by atoms with Crippen LogP contribution in [0.1, 0.15) is 49.9 Å². The average Bonchev–Trinajstić information content (AvgIpc) is 3.13. The molecule has 1 N–H and O–H groups in total. The van der Waals surface area contributed by atoms with Crippen molar-refractivity contribution in [2.75, 3.05) is 44.6 Å². The van der Waals surface area contributed by atoms with Crippen molar-refractivity contribution in [2.45, 2.75) is 44.4 Å². The Hall–Kier alpha value is -2.42. The second-order valence-electron chi connectivity index (χ2n) is 8.17. The molecule has 0 spiro atoms. The standard InChI is InChI=1S/C25H35N3O4S/c1-3-27(4-2)19-20-32-24-12-8-7-11-23(24)26-25(29)21-13-15-22(16-14-21)33(30,31)28-17-9-5-6-10-18-28/h7-8,11-16H,3-6,9-10,17-20H2,1-2H3,(H,26,29). The number of nitrogens with one attached hydrogen (secondary N) is 1. The van der Waals surface area contributed by atoms with Crippen LogP contribution in [0.5, 0.6) is 5.75 Å². The maximum atomic E-state index is 13.0. The van der Waals surface area contributed by atoms with E-state index in [0.29, 0.717) is 36.7 Å². The number of ether oxygens (including phenoxy) is 1. The monoisotopic (exact) mass is 473 g/mol. The summed E-state index contributed by atoms with van der Waals surface area (Å²) in [6.07, 6.45) is 3.89. The minimum atomic E-state index is -3.54. The molecule has 0 bridgehead atoms. The summed E-state index contributed by atoms with van der Waals surface area (Å²) in [4.78, 5) is 15.3. The molecule has 1 fully saturated rings. The number of carbonyl (C=O) groups excluding carboxylic acids is 1. The fourth-order valence-corrected chi connectivity index (χ4v) is 5.44. The molecular weight excluding hydrogens is 438 g/mol. The molecule has 180 valence electrons. The number of carbonyl (C=O) groups is 1. The van der Waals surface area contributed by atoms with Gasteiger partial charge >= 0.3 is 0 Å². The lowest BCUT2D eigenvalue weighted by atomic mass is 10.2. The number of anilines is 1. The summed E-state index contributed by atoms with van der Waals surface area (Å²) in [5.74, 6) is 0.298. The second kappa shape index (κ2) is 12.2. The van der Waals surface area contributed by atoms with Crippen molar-refractivity contribution in [1.82, 2.24) is 9.21 Å². The van der Waals surface area contributed by atoms with Gasteiger partial charge in [-0.05, 0) is 62.3 Å². The Bertz CT molecular complexity index is 997. The van der Waals surface area contributed by atoms with Crippen LogP contribution in [0.3, 0.4) is 0 Å². The first kappa shape index (κ1) is 25.2. The fraction of sp³-hybridized carbons (Fsp3) is 0.480. The lowest BCUT2D eigenvalue weighted by molar-refractivity contribution is 0.102. The number of likely N-dealkylation sites (N-methyl/N-ethyl adjacent to an activating group) is 1. The van der Waals surface area contributed by atoms with Gasteiger partial charge < -0.3 is 15.0 Å². The number of hydrogen-bond donors (Lipinski definition) is 1. The van der Waals surface area contributed by atoms with Crippen LogP contribution in [0, 0.1) is 0 Å². The maximum absolute atomic E-state index is 13.0. The van der Waals surface area contributed by atoms with Gasteiger partial charge in [-0.25, -0.2) is 8.42 Å². The summed E-state index contributed by atoms with van der Waals surface area (Å²) in [7, 11) is -3.54. The second-order valence-corrected chi connectivity index (χ2v) is 10.1. The topological polar surface area (TPSA) is 79.0 Å². The largest absolute Gasteiger partial charge is 0.490 e. The number of hydrogen-bond acceptors (Lipinski definition) is 5. The Balaban J connectivity index is 1.65. The average molecular weight is 474 g/mol. The SMILES string of the molecule is CCN(CC)CCOc1ccccc1NC(=O)c1ccc(S(=O)(=O)N2CCCCCC2)cc1. The van der Waals surface area contributed by atoms with Crippen LogP contribution < -0.4 is 10.1 Å². The summed E-state index contributed by atoms with van der Waals surface area (Å²) in [5.41, 5.74) is 0.978. The van der Waals surface area contributed by atoms with E-state index in [1.54, 1.807) is 22.5 Å². The van der Waals surface area contributed by atoms with Crippen LogP contribution in [0.15, 0.2) is 53.4 Å². The molecule has 0 saturated carbocycles. The first-order chi connectivity index (χ1) is 16.0. The van der Waals surface area contributed by atoms with Gasteiger partial charge in [-0.1, -0.05) is 38.8 Å².